The first-order valence-electron chi connectivity index (χ1n) is 8.16. The maximum atomic E-state index is 12.3. The summed E-state index contributed by atoms with van der Waals surface area (Å²) in [5.74, 6) is 1.92. The molecule has 1 saturated carbocycles. The largest absolute Gasteiger partial charge is 0.492 e. The predicted molar refractivity (Wildman–Crippen MR) is 92.0 cm³/mol. The summed E-state index contributed by atoms with van der Waals surface area (Å²) in [6, 6.07) is 5.40. The Bertz CT molecular complexity index is 582. The first-order valence-corrected chi connectivity index (χ1v) is 8.91. The van der Waals surface area contributed by atoms with Crippen molar-refractivity contribution in [2.45, 2.75) is 31.7 Å². The number of amides is 1. The van der Waals surface area contributed by atoms with Crippen molar-refractivity contribution in [3.05, 3.63) is 28.2 Å². The molecule has 2 N–H and O–H groups in total. The number of fused-ring (bicyclic) bond motifs is 1. The molecular weight excluding hydrogens is 335 g/mol. The van der Waals surface area contributed by atoms with E-state index in [2.05, 4.69) is 0 Å². The molecule has 2 aliphatic rings. The van der Waals surface area contributed by atoms with Crippen LogP contribution in [0.1, 0.15) is 25.7 Å². The first-order chi connectivity index (χ1) is 11.0. The lowest BCUT2D eigenvalue weighted by Crippen LogP contribution is -2.33. The number of carbonyl (C=O) groups excluding carboxylic acids is 1. The van der Waals surface area contributed by atoms with Gasteiger partial charge in [0.1, 0.15) is 5.75 Å². The predicted octanol–water partition coefficient (Wildman–Crippen LogP) is 3.35. The minimum Gasteiger partial charge on any atom is -0.492 e. The molecule has 0 radical (unpaired) electrons. The van der Waals surface area contributed by atoms with Crippen molar-refractivity contribution in [2.24, 2.45) is 17.6 Å². The van der Waals surface area contributed by atoms with E-state index in [4.69, 9.17) is 33.7 Å². The summed E-state index contributed by atoms with van der Waals surface area (Å²) < 4.78 is 5.62. The molecule has 4 nitrogen and oxygen atoms in total. The van der Waals surface area contributed by atoms with Crippen LogP contribution >= 0.6 is 23.2 Å². The highest BCUT2D eigenvalue weighted by Gasteiger charge is 2.42. The van der Waals surface area contributed by atoms with Gasteiger partial charge in [0.2, 0.25) is 5.91 Å². The van der Waals surface area contributed by atoms with Gasteiger partial charge in [0.25, 0.3) is 0 Å². The maximum absolute atomic E-state index is 12.3. The Kier molecular flexibility index (Phi) is 5.34. The zero-order valence-corrected chi connectivity index (χ0v) is 14.5. The molecule has 0 bridgehead atoms. The molecule has 3 unspecified atom stereocenters. The van der Waals surface area contributed by atoms with E-state index in [0.29, 0.717) is 47.1 Å². The monoisotopic (exact) mass is 356 g/mol. The highest BCUT2D eigenvalue weighted by atomic mass is 35.5. The van der Waals surface area contributed by atoms with Crippen molar-refractivity contribution in [2.75, 3.05) is 19.7 Å². The SMILES string of the molecule is NC1CCC2CN(C(=O)CCCOc3ccc(Cl)cc3Cl)CC12. The highest BCUT2D eigenvalue weighted by molar-refractivity contribution is 6.35. The third-order valence-electron chi connectivity index (χ3n) is 4.95. The second kappa shape index (κ2) is 7.29. The lowest BCUT2D eigenvalue weighted by atomic mass is 9.98. The Labute approximate surface area is 146 Å². The lowest BCUT2D eigenvalue weighted by molar-refractivity contribution is -0.130. The van der Waals surface area contributed by atoms with Gasteiger partial charge in [-0.05, 0) is 49.3 Å². The third-order valence-corrected chi connectivity index (χ3v) is 5.48. The van der Waals surface area contributed by atoms with Gasteiger partial charge in [0.05, 0.1) is 11.6 Å². The molecule has 3 rings (SSSR count). The van der Waals surface area contributed by atoms with Crippen LogP contribution in [0.2, 0.25) is 10.0 Å². The van der Waals surface area contributed by atoms with Crippen LogP contribution in [0.25, 0.3) is 0 Å². The molecule has 126 valence electrons. The van der Waals surface area contributed by atoms with E-state index < -0.39 is 0 Å². The fourth-order valence-electron chi connectivity index (χ4n) is 3.67. The number of carbonyl (C=O) groups is 1. The molecule has 0 aromatic heterocycles. The molecule has 1 aliphatic heterocycles. The van der Waals surface area contributed by atoms with Crippen molar-refractivity contribution in [1.29, 1.82) is 0 Å². The summed E-state index contributed by atoms with van der Waals surface area (Å²) >= 11 is 11.9. The molecular formula is C17H22Cl2N2O2. The lowest BCUT2D eigenvalue weighted by Gasteiger charge is -2.18. The Morgan fingerprint density at radius 3 is 2.87 bits per heavy atom. The average Bonchev–Trinajstić information content (AvgIpc) is 3.08. The van der Waals surface area contributed by atoms with Crippen LogP contribution in [-0.2, 0) is 4.79 Å². The van der Waals surface area contributed by atoms with Crippen LogP contribution in [0.15, 0.2) is 18.2 Å². The number of rotatable bonds is 5. The van der Waals surface area contributed by atoms with Crippen molar-refractivity contribution < 1.29 is 9.53 Å². The minimum absolute atomic E-state index is 0.206. The van der Waals surface area contributed by atoms with Crippen molar-refractivity contribution in [3.63, 3.8) is 0 Å². The Hall–Kier alpha value is -0.970. The van der Waals surface area contributed by atoms with E-state index in [0.717, 1.165) is 25.9 Å². The van der Waals surface area contributed by atoms with Gasteiger partial charge in [-0.15, -0.1) is 0 Å². The molecule has 1 aromatic rings. The van der Waals surface area contributed by atoms with Gasteiger partial charge in [0.15, 0.2) is 0 Å². The molecule has 1 aromatic carbocycles. The fraction of sp³-hybridized carbons (Fsp3) is 0.588. The van der Waals surface area contributed by atoms with Crippen molar-refractivity contribution >= 4 is 29.1 Å². The van der Waals surface area contributed by atoms with Gasteiger partial charge < -0.3 is 15.4 Å². The number of hydrogen-bond donors (Lipinski definition) is 1. The number of hydrogen-bond acceptors (Lipinski definition) is 3. The summed E-state index contributed by atoms with van der Waals surface area (Å²) in [7, 11) is 0. The van der Waals surface area contributed by atoms with E-state index in [1.165, 1.54) is 0 Å². The number of nitrogens with two attached hydrogens (primary N) is 1. The van der Waals surface area contributed by atoms with Crippen LogP contribution < -0.4 is 10.5 Å². The summed E-state index contributed by atoms with van der Waals surface area (Å²) in [4.78, 5) is 14.3. The van der Waals surface area contributed by atoms with E-state index in [1.807, 2.05) is 4.90 Å². The van der Waals surface area contributed by atoms with Crippen LogP contribution in [-0.4, -0.2) is 36.5 Å². The zero-order valence-electron chi connectivity index (χ0n) is 13.0. The minimum atomic E-state index is 0.206. The first kappa shape index (κ1) is 16.9. The topological polar surface area (TPSA) is 55.6 Å². The molecule has 2 fully saturated rings. The molecule has 0 spiro atoms. The van der Waals surface area contributed by atoms with Crippen molar-refractivity contribution in [3.8, 4) is 5.75 Å². The zero-order chi connectivity index (χ0) is 16.4. The van der Waals surface area contributed by atoms with Gasteiger partial charge >= 0.3 is 0 Å². The normalized spacial score (nSPS) is 26.4. The molecule has 3 atom stereocenters. The van der Waals surface area contributed by atoms with Gasteiger partial charge in [-0.2, -0.15) is 0 Å². The van der Waals surface area contributed by atoms with E-state index >= 15 is 0 Å². The Balaban J connectivity index is 1.40. The number of halogens is 2. The molecule has 6 heteroatoms. The Morgan fingerprint density at radius 1 is 1.30 bits per heavy atom. The molecule has 1 saturated heterocycles. The van der Waals surface area contributed by atoms with E-state index in [1.54, 1.807) is 18.2 Å². The van der Waals surface area contributed by atoms with Gasteiger partial charge in [-0.3, -0.25) is 4.79 Å². The van der Waals surface area contributed by atoms with Crippen molar-refractivity contribution in [1.82, 2.24) is 4.90 Å². The van der Waals surface area contributed by atoms with Crippen LogP contribution in [0.3, 0.4) is 0 Å². The Morgan fingerprint density at radius 2 is 2.13 bits per heavy atom. The van der Waals surface area contributed by atoms with Gasteiger partial charge in [-0.1, -0.05) is 23.2 Å². The number of ether oxygens (including phenoxy) is 1. The summed E-state index contributed by atoms with van der Waals surface area (Å²) in [5.41, 5.74) is 6.11. The molecule has 1 aliphatic carbocycles. The van der Waals surface area contributed by atoms with Gasteiger partial charge in [0, 0.05) is 30.6 Å². The van der Waals surface area contributed by atoms with Crippen LogP contribution in [0, 0.1) is 11.8 Å². The summed E-state index contributed by atoms with van der Waals surface area (Å²) in [6.45, 7) is 2.17. The van der Waals surface area contributed by atoms with Gasteiger partial charge in [-0.25, -0.2) is 0 Å². The van der Waals surface area contributed by atoms with E-state index in [9.17, 15) is 4.79 Å². The summed E-state index contributed by atoms with van der Waals surface area (Å²) in [5, 5.41) is 1.07. The van der Waals surface area contributed by atoms with Crippen LogP contribution in [0.4, 0.5) is 0 Å². The second-order valence-corrected chi connectivity index (χ2v) is 7.33. The number of nitrogens with zero attached hydrogens (tertiary/aromatic N) is 1. The smallest absolute Gasteiger partial charge is 0.222 e. The highest BCUT2D eigenvalue weighted by Crippen LogP contribution is 2.37. The number of benzene rings is 1. The molecule has 1 amide bonds. The molecule has 1 heterocycles. The number of likely N-dealkylation sites (tertiary alicyclic amines) is 1. The quantitative estimate of drug-likeness (QED) is 0.823. The van der Waals surface area contributed by atoms with Crippen LogP contribution in [0.5, 0.6) is 5.75 Å². The van der Waals surface area contributed by atoms with E-state index in [-0.39, 0.29) is 11.9 Å². The molecule has 23 heavy (non-hydrogen) atoms. The fourth-order valence-corrected chi connectivity index (χ4v) is 4.13. The maximum Gasteiger partial charge on any atom is 0.222 e. The standard InChI is InChI=1S/C17H22Cl2N2O2/c18-12-4-6-16(14(19)8-12)23-7-1-2-17(22)21-9-11-3-5-15(20)13(11)10-21/h4,6,8,11,13,15H,1-3,5,7,9-10,20H2. The summed E-state index contributed by atoms with van der Waals surface area (Å²) in [6.07, 6.45) is 3.44. The second-order valence-electron chi connectivity index (χ2n) is 6.49. The third kappa shape index (κ3) is 3.93. The average molecular weight is 357 g/mol.